The molecule has 0 atom stereocenters. The molecule has 16 heavy (non-hydrogen) atoms. The highest BCUT2D eigenvalue weighted by molar-refractivity contribution is 7.89. The summed E-state index contributed by atoms with van der Waals surface area (Å²) >= 11 is 5.33. The molecule has 0 fully saturated rings. The second-order valence-electron chi connectivity index (χ2n) is 3.35. The molecule has 0 bridgehead atoms. The molecule has 0 unspecified atom stereocenters. The van der Waals surface area contributed by atoms with Gasteiger partial charge in [0.1, 0.15) is 5.82 Å². The zero-order valence-corrected chi connectivity index (χ0v) is 10.4. The summed E-state index contributed by atoms with van der Waals surface area (Å²) in [5, 5.41) is 0. The van der Waals surface area contributed by atoms with Gasteiger partial charge in [-0.1, -0.05) is 6.07 Å². The molecule has 0 spiro atoms. The van der Waals surface area contributed by atoms with Gasteiger partial charge in [-0.05, 0) is 29.5 Å². The molecule has 0 aromatic heterocycles. The van der Waals surface area contributed by atoms with Gasteiger partial charge in [0.05, 0.1) is 4.90 Å². The van der Waals surface area contributed by atoms with Crippen LogP contribution in [0.15, 0.2) is 23.1 Å². The SMILES string of the molecule is CN(C)S(=O)(=O)c1cc(F)ccc1CNCl. The van der Waals surface area contributed by atoms with E-state index in [4.69, 9.17) is 11.8 Å². The van der Waals surface area contributed by atoms with Crippen LogP contribution in [0.1, 0.15) is 5.56 Å². The number of benzene rings is 1. The van der Waals surface area contributed by atoms with E-state index in [2.05, 4.69) is 4.84 Å². The maximum atomic E-state index is 13.0. The second kappa shape index (κ2) is 5.09. The summed E-state index contributed by atoms with van der Waals surface area (Å²) in [6.07, 6.45) is 0. The van der Waals surface area contributed by atoms with Crippen molar-refractivity contribution in [3.63, 3.8) is 0 Å². The molecular formula is C9H12ClFN2O2S. The fraction of sp³-hybridized carbons (Fsp3) is 0.333. The van der Waals surface area contributed by atoms with Gasteiger partial charge in [-0.3, -0.25) is 0 Å². The van der Waals surface area contributed by atoms with Crippen molar-refractivity contribution in [3.05, 3.63) is 29.6 Å². The molecule has 0 aliphatic carbocycles. The van der Waals surface area contributed by atoms with E-state index in [0.29, 0.717) is 5.56 Å². The van der Waals surface area contributed by atoms with Gasteiger partial charge < -0.3 is 0 Å². The maximum Gasteiger partial charge on any atom is 0.242 e. The van der Waals surface area contributed by atoms with Crippen molar-refractivity contribution in [1.29, 1.82) is 0 Å². The summed E-state index contributed by atoms with van der Waals surface area (Å²) < 4.78 is 37.8. The first-order valence-corrected chi connectivity index (χ1v) is 6.26. The maximum absolute atomic E-state index is 13.0. The van der Waals surface area contributed by atoms with E-state index in [-0.39, 0.29) is 11.4 Å². The highest BCUT2D eigenvalue weighted by atomic mass is 35.5. The number of nitrogens with one attached hydrogen (secondary N) is 1. The van der Waals surface area contributed by atoms with E-state index in [1.165, 1.54) is 26.2 Å². The molecular weight excluding hydrogens is 255 g/mol. The third-order valence-corrected chi connectivity index (χ3v) is 4.08. The van der Waals surface area contributed by atoms with E-state index in [9.17, 15) is 12.8 Å². The Labute approximate surface area is 99.2 Å². The molecule has 0 amide bonds. The van der Waals surface area contributed by atoms with Crippen molar-refractivity contribution < 1.29 is 12.8 Å². The minimum absolute atomic E-state index is 0.0781. The lowest BCUT2D eigenvalue weighted by Crippen LogP contribution is -2.24. The fourth-order valence-electron chi connectivity index (χ4n) is 1.18. The smallest absolute Gasteiger partial charge is 0.229 e. The molecule has 1 N–H and O–H groups in total. The largest absolute Gasteiger partial charge is 0.242 e. The summed E-state index contributed by atoms with van der Waals surface area (Å²) in [7, 11) is -0.883. The van der Waals surface area contributed by atoms with Crippen LogP contribution in [0.5, 0.6) is 0 Å². The lowest BCUT2D eigenvalue weighted by atomic mass is 10.2. The molecule has 1 rings (SSSR count). The molecule has 1 aromatic rings. The lowest BCUT2D eigenvalue weighted by Gasteiger charge is -2.14. The Hall–Kier alpha value is -0.690. The summed E-state index contributed by atoms with van der Waals surface area (Å²) in [4.78, 5) is 2.24. The van der Waals surface area contributed by atoms with E-state index in [1.54, 1.807) is 0 Å². The number of hydrogen-bond donors (Lipinski definition) is 1. The normalized spacial score (nSPS) is 12.1. The Balaban J connectivity index is 3.36. The monoisotopic (exact) mass is 266 g/mol. The number of sulfonamides is 1. The van der Waals surface area contributed by atoms with Crippen LogP contribution in [0.2, 0.25) is 0 Å². The van der Waals surface area contributed by atoms with Crippen molar-refractivity contribution in [2.24, 2.45) is 0 Å². The molecule has 1 aromatic carbocycles. The first kappa shape index (κ1) is 13.4. The lowest BCUT2D eigenvalue weighted by molar-refractivity contribution is 0.517. The highest BCUT2D eigenvalue weighted by Crippen LogP contribution is 2.20. The summed E-state index contributed by atoms with van der Waals surface area (Å²) in [5.74, 6) is -0.598. The van der Waals surface area contributed by atoms with Crippen LogP contribution >= 0.6 is 11.8 Å². The predicted molar refractivity (Wildman–Crippen MR) is 60.0 cm³/mol. The van der Waals surface area contributed by atoms with Gasteiger partial charge in [0.15, 0.2) is 0 Å². The molecule has 0 saturated heterocycles. The summed E-state index contributed by atoms with van der Waals surface area (Å²) in [6, 6.07) is 3.57. The number of hydrogen-bond acceptors (Lipinski definition) is 3. The van der Waals surface area contributed by atoms with Gasteiger partial charge in [-0.25, -0.2) is 21.9 Å². The van der Waals surface area contributed by atoms with Crippen LogP contribution in [-0.4, -0.2) is 26.8 Å². The van der Waals surface area contributed by atoms with Crippen LogP contribution < -0.4 is 4.84 Å². The van der Waals surface area contributed by atoms with Crippen molar-refractivity contribution in [3.8, 4) is 0 Å². The zero-order chi connectivity index (χ0) is 12.3. The molecule has 0 aliphatic rings. The van der Waals surface area contributed by atoms with Gasteiger partial charge in [0.25, 0.3) is 0 Å². The van der Waals surface area contributed by atoms with Crippen molar-refractivity contribution >= 4 is 21.8 Å². The quantitative estimate of drug-likeness (QED) is 0.837. The fourth-order valence-corrected chi connectivity index (χ4v) is 2.45. The molecule has 4 nitrogen and oxygen atoms in total. The van der Waals surface area contributed by atoms with Crippen LogP contribution in [-0.2, 0) is 16.6 Å². The molecule has 0 radical (unpaired) electrons. The average molecular weight is 267 g/mol. The van der Waals surface area contributed by atoms with E-state index in [0.717, 1.165) is 10.4 Å². The highest BCUT2D eigenvalue weighted by Gasteiger charge is 2.21. The minimum atomic E-state index is -3.66. The topological polar surface area (TPSA) is 49.4 Å². The first-order chi connectivity index (χ1) is 7.39. The Morgan fingerprint density at radius 1 is 1.44 bits per heavy atom. The number of rotatable bonds is 4. The standard InChI is InChI=1S/C9H12ClFN2O2S/c1-13(2)16(14,15)9-5-8(11)4-3-7(9)6-12-10/h3-5,12H,6H2,1-2H3. The summed E-state index contributed by atoms with van der Waals surface area (Å²) in [5.41, 5.74) is 0.421. The Bertz CT molecular complexity index is 476. The first-order valence-electron chi connectivity index (χ1n) is 4.44. The molecule has 0 saturated carbocycles. The zero-order valence-electron chi connectivity index (χ0n) is 8.87. The third-order valence-electron chi connectivity index (χ3n) is 2.05. The molecule has 7 heteroatoms. The van der Waals surface area contributed by atoms with Gasteiger partial charge >= 0.3 is 0 Å². The predicted octanol–water partition coefficient (Wildman–Crippen LogP) is 1.32. The second-order valence-corrected chi connectivity index (χ2v) is 5.74. The van der Waals surface area contributed by atoms with Gasteiger partial charge in [-0.2, -0.15) is 0 Å². The van der Waals surface area contributed by atoms with Crippen molar-refractivity contribution in [2.75, 3.05) is 14.1 Å². The number of nitrogens with zero attached hydrogens (tertiary/aromatic N) is 1. The Morgan fingerprint density at radius 2 is 2.06 bits per heavy atom. The molecule has 90 valence electrons. The Kier molecular flexibility index (Phi) is 4.26. The van der Waals surface area contributed by atoms with E-state index >= 15 is 0 Å². The van der Waals surface area contributed by atoms with Crippen LogP contribution in [0.4, 0.5) is 4.39 Å². The van der Waals surface area contributed by atoms with Crippen LogP contribution in [0.3, 0.4) is 0 Å². The molecule has 0 heterocycles. The third kappa shape index (κ3) is 2.70. The Morgan fingerprint density at radius 3 is 2.56 bits per heavy atom. The van der Waals surface area contributed by atoms with E-state index < -0.39 is 15.8 Å². The van der Waals surface area contributed by atoms with E-state index in [1.807, 2.05) is 0 Å². The van der Waals surface area contributed by atoms with Gasteiger partial charge in [-0.15, -0.1) is 0 Å². The van der Waals surface area contributed by atoms with Crippen LogP contribution in [0, 0.1) is 5.82 Å². The van der Waals surface area contributed by atoms with Gasteiger partial charge in [0.2, 0.25) is 10.0 Å². The van der Waals surface area contributed by atoms with Crippen LogP contribution in [0.25, 0.3) is 0 Å². The van der Waals surface area contributed by atoms with Gasteiger partial charge in [0, 0.05) is 20.6 Å². The van der Waals surface area contributed by atoms with Crippen molar-refractivity contribution in [2.45, 2.75) is 11.4 Å². The summed E-state index contributed by atoms with van der Waals surface area (Å²) in [6.45, 7) is 0.143. The number of halogens is 2. The van der Waals surface area contributed by atoms with Crippen molar-refractivity contribution in [1.82, 2.24) is 9.14 Å². The average Bonchev–Trinajstić information content (AvgIpc) is 2.20. The minimum Gasteiger partial charge on any atom is -0.229 e. The molecule has 0 aliphatic heterocycles.